The predicted molar refractivity (Wildman–Crippen MR) is 35.5 cm³/mol. The van der Waals surface area contributed by atoms with Crippen LogP contribution >= 0.6 is 11.8 Å². The van der Waals surface area contributed by atoms with Crippen molar-refractivity contribution in [2.45, 2.75) is 6.92 Å². The number of halogens is 1. The highest BCUT2D eigenvalue weighted by atomic mass is 35.5. The fourth-order valence-corrected chi connectivity index (χ4v) is 0.722. The Balaban J connectivity index is 2.66. The van der Waals surface area contributed by atoms with E-state index in [1.807, 2.05) is 25.2 Å². The van der Waals surface area contributed by atoms with Crippen LogP contribution in [0.3, 0.4) is 0 Å². The maximum absolute atomic E-state index is 5.68. The molecule has 0 aromatic heterocycles. The van der Waals surface area contributed by atoms with Gasteiger partial charge in [0.1, 0.15) is 0 Å². The lowest BCUT2D eigenvalue weighted by Crippen LogP contribution is -2.10. The van der Waals surface area contributed by atoms with Crippen LogP contribution in [0.2, 0.25) is 0 Å². The van der Waals surface area contributed by atoms with Gasteiger partial charge in [-0.3, -0.25) is 4.42 Å². The van der Waals surface area contributed by atoms with Crippen LogP contribution in [0, 0.1) is 0 Å². The van der Waals surface area contributed by atoms with Gasteiger partial charge in [-0.05, 0) is 13.0 Å². The number of hydrogen-bond donors (Lipinski definition) is 0. The van der Waals surface area contributed by atoms with E-state index in [0.717, 1.165) is 12.2 Å². The number of hydrogen-bond acceptors (Lipinski definition) is 1. The topological polar surface area (TPSA) is 3.24 Å². The van der Waals surface area contributed by atoms with Gasteiger partial charge in [-0.15, -0.1) is 0 Å². The van der Waals surface area contributed by atoms with Gasteiger partial charge >= 0.3 is 0 Å². The van der Waals surface area contributed by atoms with Crippen LogP contribution in [0.4, 0.5) is 0 Å². The maximum Gasteiger partial charge on any atom is 0.0529 e. The first-order chi connectivity index (χ1) is 3.80. The Labute approximate surface area is 54.4 Å². The SMILES string of the molecule is CC1=CC=CCN1Cl. The fourth-order valence-electron chi connectivity index (χ4n) is 0.586. The van der Waals surface area contributed by atoms with E-state index in [1.54, 1.807) is 4.42 Å². The van der Waals surface area contributed by atoms with E-state index in [9.17, 15) is 0 Å². The first-order valence-electron chi connectivity index (χ1n) is 2.57. The number of rotatable bonds is 0. The van der Waals surface area contributed by atoms with Crippen LogP contribution in [-0.2, 0) is 0 Å². The highest BCUT2D eigenvalue weighted by molar-refractivity contribution is 6.14. The highest BCUT2D eigenvalue weighted by Crippen LogP contribution is 2.10. The van der Waals surface area contributed by atoms with Crippen molar-refractivity contribution in [2.24, 2.45) is 0 Å². The third-order valence-corrected chi connectivity index (χ3v) is 1.53. The minimum atomic E-state index is 0.823. The van der Waals surface area contributed by atoms with Crippen molar-refractivity contribution in [1.82, 2.24) is 4.42 Å². The van der Waals surface area contributed by atoms with E-state index < -0.39 is 0 Å². The lowest BCUT2D eigenvalue weighted by Gasteiger charge is -2.15. The molecule has 1 rings (SSSR count). The zero-order valence-electron chi connectivity index (χ0n) is 4.76. The summed E-state index contributed by atoms with van der Waals surface area (Å²) in [4.78, 5) is 0. The smallest absolute Gasteiger partial charge is 0.0529 e. The second kappa shape index (κ2) is 2.23. The van der Waals surface area contributed by atoms with E-state index in [0.29, 0.717) is 0 Å². The molecule has 2 heteroatoms. The molecule has 1 nitrogen and oxygen atoms in total. The van der Waals surface area contributed by atoms with Crippen LogP contribution in [0.15, 0.2) is 23.9 Å². The lowest BCUT2D eigenvalue weighted by molar-refractivity contribution is 0.612. The van der Waals surface area contributed by atoms with Crippen molar-refractivity contribution >= 4 is 11.8 Å². The van der Waals surface area contributed by atoms with Crippen molar-refractivity contribution in [1.29, 1.82) is 0 Å². The van der Waals surface area contributed by atoms with Crippen molar-refractivity contribution in [3.05, 3.63) is 23.9 Å². The van der Waals surface area contributed by atoms with Gasteiger partial charge in [0, 0.05) is 17.5 Å². The molecule has 0 amide bonds. The second-order valence-electron chi connectivity index (χ2n) is 1.78. The van der Waals surface area contributed by atoms with E-state index in [4.69, 9.17) is 11.8 Å². The summed E-state index contributed by atoms with van der Waals surface area (Å²) in [5, 5.41) is 0. The Hall–Kier alpha value is -0.430. The Morgan fingerprint density at radius 1 is 1.75 bits per heavy atom. The molecule has 0 fully saturated rings. The number of nitrogens with zero attached hydrogens (tertiary/aromatic N) is 1. The summed E-state index contributed by atoms with van der Waals surface area (Å²) in [7, 11) is 0. The van der Waals surface area contributed by atoms with Crippen molar-refractivity contribution in [3.63, 3.8) is 0 Å². The Bertz CT molecular complexity index is 137. The average molecular weight is 130 g/mol. The van der Waals surface area contributed by atoms with Crippen LogP contribution in [0.1, 0.15) is 6.92 Å². The molecule has 0 unspecified atom stereocenters. The third kappa shape index (κ3) is 1.04. The molecule has 0 atom stereocenters. The molecule has 0 aromatic carbocycles. The molecule has 1 aliphatic heterocycles. The first-order valence-corrected chi connectivity index (χ1v) is 2.91. The zero-order chi connectivity index (χ0) is 5.98. The maximum atomic E-state index is 5.68. The van der Waals surface area contributed by atoms with Gasteiger partial charge in [0.15, 0.2) is 0 Å². The second-order valence-corrected chi connectivity index (χ2v) is 2.19. The molecule has 0 bridgehead atoms. The molecular weight excluding hydrogens is 122 g/mol. The average Bonchev–Trinajstić information content (AvgIpc) is 1.77. The minimum absolute atomic E-state index is 0.823. The van der Waals surface area contributed by atoms with Crippen LogP contribution in [0.25, 0.3) is 0 Å². The quantitative estimate of drug-likeness (QED) is 0.452. The number of allylic oxidation sites excluding steroid dienone is 3. The molecule has 8 heavy (non-hydrogen) atoms. The summed E-state index contributed by atoms with van der Waals surface area (Å²) in [5.74, 6) is 0. The summed E-state index contributed by atoms with van der Waals surface area (Å²) < 4.78 is 1.68. The van der Waals surface area contributed by atoms with Gasteiger partial charge in [0.05, 0.1) is 6.54 Å². The van der Waals surface area contributed by atoms with Gasteiger partial charge in [-0.1, -0.05) is 12.2 Å². The summed E-state index contributed by atoms with van der Waals surface area (Å²) in [5.41, 5.74) is 1.11. The van der Waals surface area contributed by atoms with Crippen molar-refractivity contribution in [3.8, 4) is 0 Å². The summed E-state index contributed by atoms with van der Waals surface area (Å²) in [6.45, 7) is 2.81. The van der Waals surface area contributed by atoms with Crippen molar-refractivity contribution in [2.75, 3.05) is 6.54 Å². The van der Waals surface area contributed by atoms with Gasteiger partial charge in [-0.2, -0.15) is 0 Å². The van der Waals surface area contributed by atoms with E-state index in [-0.39, 0.29) is 0 Å². The molecule has 0 spiro atoms. The molecular formula is C6H8ClN. The Kier molecular flexibility index (Phi) is 1.59. The summed E-state index contributed by atoms with van der Waals surface area (Å²) >= 11 is 5.68. The standard InChI is InChI=1S/C6H8ClN/c1-6-4-2-3-5-8(6)7/h2-4H,5H2,1H3. The molecule has 0 aliphatic carbocycles. The van der Waals surface area contributed by atoms with Gasteiger partial charge in [0.25, 0.3) is 0 Å². The largest absolute Gasteiger partial charge is 0.286 e. The van der Waals surface area contributed by atoms with Gasteiger partial charge < -0.3 is 0 Å². The molecule has 0 saturated carbocycles. The molecule has 0 radical (unpaired) electrons. The van der Waals surface area contributed by atoms with E-state index in [2.05, 4.69) is 0 Å². The van der Waals surface area contributed by atoms with Crippen LogP contribution < -0.4 is 0 Å². The lowest BCUT2D eigenvalue weighted by atomic mass is 10.3. The molecule has 0 aromatic rings. The minimum Gasteiger partial charge on any atom is -0.286 e. The van der Waals surface area contributed by atoms with E-state index >= 15 is 0 Å². The fraction of sp³-hybridized carbons (Fsp3) is 0.333. The first kappa shape index (κ1) is 5.70. The highest BCUT2D eigenvalue weighted by Gasteiger charge is 1.99. The summed E-state index contributed by atoms with van der Waals surface area (Å²) in [6.07, 6.45) is 6.00. The molecule has 44 valence electrons. The molecule has 0 N–H and O–H groups in total. The third-order valence-electron chi connectivity index (χ3n) is 1.12. The van der Waals surface area contributed by atoms with E-state index in [1.165, 1.54) is 0 Å². The zero-order valence-corrected chi connectivity index (χ0v) is 5.52. The predicted octanol–water partition coefficient (Wildman–Crippen LogP) is 1.92. The van der Waals surface area contributed by atoms with Crippen LogP contribution in [-0.4, -0.2) is 11.0 Å². The Morgan fingerprint density at radius 3 is 2.88 bits per heavy atom. The monoisotopic (exact) mass is 129 g/mol. The summed E-state index contributed by atoms with van der Waals surface area (Å²) in [6, 6.07) is 0. The molecule has 1 heterocycles. The van der Waals surface area contributed by atoms with Gasteiger partial charge in [-0.25, -0.2) is 0 Å². The molecule has 1 aliphatic rings. The Morgan fingerprint density at radius 2 is 2.50 bits per heavy atom. The van der Waals surface area contributed by atoms with Crippen LogP contribution in [0.5, 0.6) is 0 Å². The van der Waals surface area contributed by atoms with Gasteiger partial charge in [0.2, 0.25) is 0 Å². The van der Waals surface area contributed by atoms with Crippen molar-refractivity contribution < 1.29 is 0 Å². The normalized spacial score (nSPS) is 18.8. The molecule has 0 saturated heterocycles.